The summed E-state index contributed by atoms with van der Waals surface area (Å²) < 4.78 is 5.17. The number of nitrogens with two attached hydrogens (primary N) is 1. The zero-order valence-corrected chi connectivity index (χ0v) is 21.1. The fourth-order valence-corrected chi connectivity index (χ4v) is 7.60. The van der Waals surface area contributed by atoms with Crippen LogP contribution in [-0.4, -0.2) is 47.2 Å². The molecule has 0 amide bonds. The van der Waals surface area contributed by atoms with E-state index in [1.54, 1.807) is 6.08 Å². The predicted octanol–water partition coefficient (Wildman–Crippen LogP) is 3.09. The van der Waals surface area contributed by atoms with Crippen LogP contribution in [0.15, 0.2) is 11.6 Å². The quantitative estimate of drug-likeness (QED) is 0.410. The Kier molecular flexibility index (Phi) is 7.81. The molecule has 6 atom stereocenters. The van der Waals surface area contributed by atoms with Crippen molar-refractivity contribution in [3.05, 3.63) is 11.6 Å². The van der Waals surface area contributed by atoms with Crippen molar-refractivity contribution in [2.45, 2.75) is 83.7 Å². The van der Waals surface area contributed by atoms with Crippen molar-refractivity contribution in [1.29, 1.82) is 0 Å². The lowest BCUT2D eigenvalue weighted by atomic mass is 9.46. The van der Waals surface area contributed by atoms with Crippen molar-refractivity contribution in [2.24, 2.45) is 34.3 Å². The summed E-state index contributed by atoms with van der Waals surface area (Å²) in [6.07, 6.45) is 7.11. The monoisotopic (exact) mass is 495 g/mol. The van der Waals surface area contributed by atoms with E-state index < -0.39 is 29.4 Å². The average Bonchev–Trinajstić information content (AvgIpc) is 3.03. The minimum absolute atomic E-state index is 0. The number of unbranched alkanes of at least 4 members (excludes halogenated alkanes) is 1. The number of hydrogen-bond acceptors (Lipinski definition) is 7. The van der Waals surface area contributed by atoms with Crippen molar-refractivity contribution in [3.63, 3.8) is 0 Å². The summed E-state index contributed by atoms with van der Waals surface area (Å²) >= 11 is 0. The lowest BCUT2D eigenvalue weighted by Crippen LogP contribution is -2.61. The number of aliphatic hydroxyl groups is 1. The number of carbonyl (C=O) groups excluding carboxylic acids is 4. The number of carbonyl (C=O) groups is 4. The smallest absolute Gasteiger partial charge is 0.306 e. The molecule has 8 heteroatoms. The Labute approximate surface area is 207 Å². The average molecular weight is 496 g/mol. The zero-order chi connectivity index (χ0) is 24.0. The summed E-state index contributed by atoms with van der Waals surface area (Å²) in [5.74, 6) is -0.761. The molecule has 0 heterocycles. The van der Waals surface area contributed by atoms with Crippen molar-refractivity contribution >= 4 is 35.7 Å². The van der Waals surface area contributed by atoms with Crippen LogP contribution in [-0.2, 0) is 23.9 Å². The molecule has 190 valence electrons. The molecule has 0 saturated heterocycles. The van der Waals surface area contributed by atoms with E-state index >= 15 is 0 Å². The van der Waals surface area contributed by atoms with Gasteiger partial charge in [0, 0.05) is 30.6 Å². The SMILES string of the molecule is C[C@]12CCC(=O)C=C1CC[C@@H]1[C@@H]2C(=O)C[C@@]2(C)[C@H]1CC[C@]2(O)C(=O)COC(=O)CCCCN.Cl. The molecule has 34 heavy (non-hydrogen) atoms. The van der Waals surface area contributed by atoms with Crippen LogP contribution in [0.3, 0.4) is 0 Å². The molecule has 0 unspecified atom stereocenters. The van der Waals surface area contributed by atoms with E-state index in [0.717, 1.165) is 18.4 Å². The molecular formula is C26H38ClNO6. The van der Waals surface area contributed by atoms with Crippen LogP contribution in [0.1, 0.15) is 78.1 Å². The summed E-state index contributed by atoms with van der Waals surface area (Å²) in [4.78, 5) is 50.7. The van der Waals surface area contributed by atoms with E-state index in [-0.39, 0.29) is 66.4 Å². The number of ether oxygens (including phenoxy) is 1. The highest BCUT2D eigenvalue weighted by atomic mass is 35.5. The number of hydrogen-bond donors (Lipinski definition) is 2. The van der Waals surface area contributed by atoms with Gasteiger partial charge in [0.25, 0.3) is 0 Å². The second-order valence-corrected chi connectivity index (χ2v) is 11.1. The van der Waals surface area contributed by atoms with Gasteiger partial charge in [0.1, 0.15) is 11.4 Å². The number of rotatable bonds is 7. The molecule has 0 aromatic heterocycles. The van der Waals surface area contributed by atoms with E-state index in [2.05, 4.69) is 6.92 Å². The van der Waals surface area contributed by atoms with E-state index in [1.165, 1.54) is 0 Å². The van der Waals surface area contributed by atoms with Gasteiger partial charge in [-0.3, -0.25) is 19.2 Å². The third-order valence-corrected chi connectivity index (χ3v) is 9.47. The molecule has 0 radical (unpaired) electrons. The fraction of sp³-hybridized carbons (Fsp3) is 0.769. The first-order valence-electron chi connectivity index (χ1n) is 12.4. The maximum atomic E-state index is 13.6. The normalized spacial score (nSPS) is 38.7. The van der Waals surface area contributed by atoms with Gasteiger partial charge in [-0.2, -0.15) is 0 Å². The summed E-state index contributed by atoms with van der Waals surface area (Å²) in [7, 11) is 0. The largest absolute Gasteiger partial charge is 0.458 e. The predicted molar refractivity (Wildman–Crippen MR) is 128 cm³/mol. The van der Waals surface area contributed by atoms with Gasteiger partial charge in [-0.1, -0.05) is 19.4 Å². The summed E-state index contributed by atoms with van der Waals surface area (Å²) in [6.45, 7) is 4.03. The van der Waals surface area contributed by atoms with Crippen LogP contribution in [0.4, 0.5) is 0 Å². The molecule has 4 aliphatic rings. The number of halogens is 1. The lowest BCUT2D eigenvalue weighted by molar-refractivity contribution is -0.173. The van der Waals surface area contributed by atoms with Crippen LogP contribution in [0, 0.1) is 28.6 Å². The maximum Gasteiger partial charge on any atom is 0.306 e. The van der Waals surface area contributed by atoms with Crippen LogP contribution in [0.5, 0.6) is 0 Å². The van der Waals surface area contributed by atoms with Gasteiger partial charge < -0.3 is 15.6 Å². The van der Waals surface area contributed by atoms with Gasteiger partial charge in [0.05, 0.1) is 0 Å². The highest BCUT2D eigenvalue weighted by Gasteiger charge is 2.68. The summed E-state index contributed by atoms with van der Waals surface area (Å²) in [5, 5.41) is 11.6. The van der Waals surface area contributed by atoms with Gasteiger partial charge in [-0.15, -0.1) is 12.4 Å². The Morgan fingerprint density at radius 1 is 1.15 bits per heavy atom. The molecule has 0 aliphatic heterocycles. The molecule has 4 aliphatic carbocycles. The van der Waals surface area contributed by atoms with Crippen LogP contribution in [0.25, 0.3) is 0 Å². The fourth-order valence-electron chi connectivity index (χ4n) is 7.60. The van der Waals surface area contributed by atoms with Crippen LogP contribution >= 0.6 is 12.4 Å². The number of ketones is 3. The molecule has 0 bridgehead atoms. The second kappa shape index (κ2) is 9.82. The van der Waals surface area contributed by atoms with Crippen LogP contribution in [0.2, 0.25) is 0 Å². The van der Waals surface area contributed by atoms with Crippen molar-refractivity contribution < 1.29 is 29.0 Å². The highest BCUT2D eigenvalue weighted by Crippen LogP contribution is 2.66. The molecule has 7 nitrogen and oxygen atoms in total. The first-order valence-corrected chi connectivity index (χ1v) is 12.4. The molecule has 0 aromatic carbocycles. The maximum absolute atomic E-state index is 13.6. The van der Waals surface area contributed by atoms with E-state index in [4.69, 9.17) is 10.5 Å². The zero-order valence-electron chi connectivity index (χ0n) is 20.3. The summed E-state index contributed by atoms with van der Waals surface area (Å²) in [6, 6.07) is 0. The Balaban J connectivity index is 0.00000324. The van der Waals surface area contributed by atoms with Crippen LogP contribution < -0.4 is 5.73 Å². The first-order chi connectivity index (χ1) is 15.6. The lowest BCUT2D eigenvalue weighted by Gasteiger charge is -2.57. The van der Waals surface area contributed by atoms with Gasteiger partial charge >= 0.3 is 5.97 Å². The molecule has 4 rings (SSSR count). The van der Waals surface area contributed by atoms with Crippen molar-refractivity contribution in [1.82, 2.24) is 0 Å². The Morgan fingerprint density at radius 2 is 1.88 bits per heavy atom. The minimum Gasteiger partial charge on any atom is -0.458 e. The summed E-state index contributed by atoms with van der Waals surface area (Å²) in [5.41, 5.74) is 3.69. The molecule has 0 aromatic rings. The Bertz CT molecular complexity index is 902. The Morgan fingerprint density at radius 3 is 2.59 bits per heavy atom. The number of Topliss-reactive ketones (excluding diaryl/α,β-unsaturated/α-hetero) is 2. The van der Waals surface area contributed by atoms with Gasteiger partial charge in [0.15, 0.2) is 12.4 Å². The van der Waals surface area contributed by atoms with E-state index in [9.17, 15) is 24.3 Å². The number of fused-ring (bicyclic) bond motifs is 5. The third-order valence-electron chi connectivity index (χ3n) is 9.47. The molecule has 3 N–H and O–H groups in total. The second-order valence-electron chi connectivity index (χ2n) is 11.1. The third kappa shape index (κ3) is 4.18. The topological polar surface area (TPSA) is 124 Å². The standard InChI is InChI=1S/C26H37NO6.ClH/c1-24-10-8-17(28)13-16(24)6-7-18-19-9-11-26(32,25(19,2)14-20(29)23(18)24)21(30)15-33-22(31)5-3-4-12-27;/h13,18-19,23,32H,3-12,14-15,27H2,1-2H3;1H/t18-,19-,23+,24-,25-,26-;/m0./s1. The molecular weight excluding hydrogens is 458 g/mol. The van der Waals surface area contributed by atoms with Gasteiger partial charge in [-0.05, 0) is 74.8 Å². The molecule has 0 spiro atoms. The number of allylic oxidation sites excluding steroid dienone is 1. The minimum atomic E-state index is -1.67. The van der Waals surface area contributed by atoms with Gasteiger partial charge in [-0.25, -0.2) is 0 Å². The number of esters is 1. The van der Waals surface area contributed by atoms with Gasteiger partial charge in [0.2, 0.25) is 5.78 Å². The van der Waals surface area contributed by atoms with E-state index in [0.29, 0.717) is 38.6 Å². The molecule has 3 fully saturated rings. The first kappa shape index (κ1) is 27.0. The van der Waals surface area contributed by atoms with Crippen molar-refractivity contribution in [2.75, 3.05) is 13.2 Å². The highest BCUT2D eigenvalue weighted by molar-refractivity contribution is 5.95. The molecule has 3 saturated carbocycles. The van der Waals surface area contributed by atoms with Crippen molar-refractivity contribution in [3.8, 4) is 0 Å². The Hall–Kier alpha value is -1.57. The van der Waals surface area contributed by atoms with E-state index in [1.807, 2.05) is 6.92 Å².